The Hall–Kier alpha value is -2.30. The average molecular weight is 333 g/mol. The van der Waals surface area contributed by atoms with Crippen molar-refractivity contribution in [2.75, 3.05) is 5.32 Å². The Kier molecular flexibility index (Phi) is 3.41. The summed E-state index contributed by atoms with van der Waals surface area (Å²) in [5.41, 5.74) is 0.646. The van der Waals surface area contributed by atoms with Crippen molar-refractivity contribution >= 4 is 5.69 Å². The number of para-hydroxylation sites is 1. The molecule has 124 valence electrons. The van der Waals surface area contributed by atoms with Crippen LogP contribution in [0.15, 0.2) is 54.6 Å². The first-order chi connectivity index (χ1) is 11.5. The van der Waals surface area contributed by atoms with E-state index < -0.39 is 23.6 Å². The molecule has 5 heteroatoms. The van der Waals surface area contributed by atoms with Crippen molar-refractivity contribution in [3.05, 3.63) is 77.1 Å². The first kappa shape index (κ1) is 15.2. The number of hydrogen-bond acceptors (Lipinski definition) is 1. The standard InChI is InChI=1S/C19H15F4N/c20-16-10-4-8-13-11-6-3-7-12(11)17(24-18(13)16)14-5-1-2-9-15(14)19(21,22)23/h1-6,8-12,17,24H,7H2. The third-order valence-corrected chi connectivity index (χ3v) is 4.95. The molecule has 0 fully saturated rings. The highest BCUT2D eigenvalue weighted by Crippen LogP contribution is 2.51. The topological polar surface area (TPSA) is 12.0 Å². The molecule has 0 saturated heterocycles. The van der Waals surface area contributed by atoms with Crippen LogP contribution in [0.1, 0.15) is 35.1 Å². The highest BCUT2D eigenvalue weighted by molar-refractivity contribution is 5.61. The summed E-state index contributed by atoms with van der Waals surface area (Å²) in [6, 6.07) is 9.79. The highest BCUT2D eigenvalue weighted by Gasteiger charge is 2.42. The van der Waals surface area contributed by atoms with E-state index in [2.05, 4.69) is 5.32 Å². The summed E-state index contributed by atoms with van der Waals surface area (Å²) in [4.78, 5) is 0. The largest absolute Gasteiger partial charge is 0.416 e. The van der Waals surface area contributed by atoms with Gasteiger partial charge in [0.25, 0.3) is 0 Å². The lowest BCUT2D eigenvalue weighted by Gasteiger charge is -2.38. The van der Waals surface area contributed by atoms with Gasteiger partial charge in [-0.05, 0) is 35.6 Å². The van der Waals surface area contributed by atoms with Crippen molar-refractivity contribution in [2.24, 2.45) is 5.92 Å². The molecule has 4 rings (SSSR count). The number of hydrogen-bond donors (Lipinski definition) is 1. The quantitative estimate of drug-likeness (QED) is 0.524. The van der Waals surface area contributed by atoms with E-state index in [1.807, 2.05) is 18.2 Å². The van der Waals surface area contributed by atoms with Crippen molar-refractivity contribution < 1.29 is 17.6 Å². The van der Waals surface area contributed by atoms with Crippen molar-refractivity contribution in [3.8, 4) is 0 Å². The van der Waals surface area contributed by atoms with E-state index in [1.165, 1.54) is 18.2 Å². The van der Waals surface area contributed by atoms with E-state index in [1.54, 1.807) is 12.1 Å². The monoisotopic (exact) mass is 333 g/mol. The number of alkyl halides is 3. The summed E-state index contributed by atoms with van der Waals surface area (Å²) in [6.07, 6.45) is 0.187. The van der Waals surface area contributed by atoms with Crippen LogP contribution >= 0.6 is 0 Å². The van der Waals surface area contributed by atoms with Gasteiger partial charge in [0.15, 0.2) is 0 Å². The van der Waals surface area contributed by atoms with E-state index in [4.69, 9.17) is 0 Å². The van der Waals surface area contributed by atoms with E-state index in [0.717, 1.165) is 11.6 Å². The normalized spacial score (nSPS) is 25.1. The van der Waals surface area contributed by atoms with Crippen LogP contribution in [-0.2, 0) is 6.18 Å². The Morgan fingerprint density at radius 1 is 0.958 bits per heavy atom. The van der Waals surface area contributed by atoms with Crippen LogP contribution in [0.25, 0.3) is 0 Å². The van der Waals surface area contributed by atoms with Crippen LogP contribution in [-0.4, -0.2) is 0 Å². The first-order valence-electron chi connectivity index (χ1n) is 7.84. The minimum Gasteiger partial charge on any atom is -0.375 e. The first-order valence-corrected chi connectivity index (χ1v) is 7.84. The van der Waals surface area contributed by atoms with Crippen LogP contribution in [0.4, 0.5) is 23.2 Å². The summed E-state index contributed by atoms with van der Waals surface area (Å²) < 4.78 is 54.5. The number of halogens is 4. The van der Waals surface area contributed by atoms with Gasteiger partial charge in [-0.25, -0.2) is 4.39 Å². The Balaban J connectivity index is 1.85. The van der Waals surface area contributed by atoms with Gasteiger partial charge in [0, 0.05) is 5.92 Å². The number of fused-ring (bicyclic) bond motifs is 3. The van der Waals surface area contributed by atoms with Gasteiger partial charge in [-0.1, -0.05) is 42.5 Å². The molecule has 1 heterocycles. The van der Waals surface area contributed by atoms with E-state index in [-0.39, 0.29) is 17.4 Å². The SMILES string of the molecule is Fc1cccc2c1NC(c1ccccc1C(F)(F)F)C1CC=CC21. The van der Waals surface area contributed by atoms with Crippen molar-refractivity contribution in [1.29, 1.82) is 0 Å². The molecule has 1 aliphatic heterocycles. The van der Waals surface area contributed by atoms with Gasteiger partial charge >= 0.3 is 6.18 Å². The summed E-state index contributed by atoms with van der Waals surface area (Å²) in [6.45, 7) is 0. The Morgan fingerprint density at radius 3 is 2.50 bits per heavy atom. The number of nitrogens with one attached hydrogen (secondary N) is 1. The lowest BCUT2D eigenvalue weighted by Crippen LogP contribution is -2.31. The fourth-order valence-electron chi connectivity index (χ4n) is 3.92. The minimum atomic E-state index is -4.44. The van der Waals surface area contributed by atoms with Gasteiger partial charge in [0.1, 0.15) is 5.82 Å². The molecule has 0 aromatic heterocycles. The molecule has 3 atom stereocenters. The smallest absolute Gasteiger partial charge is 0.375 e. The lowest BCUT2D eigenvalue weighted by atomic mass is 9.76. The van der Waals surface area contributed by atoms with Gasteiger partial charge in [0.05, 0.1) is 17.3 Å². The van der Waals surface area contributed by atoms with Gasteiger partial charge in [-0.3, -0.25) is 0 Å². The highest BCUT2D eigenvalue weighted by atomic mass is 19.4. The van der Waals surface area contributed by atoms with Crippen LogP contribution < -0.4 is 5.32 Å². The van der Waals surface area contributed by atoms with Gasteiger partial charge in [-0.2, -0.15) is 13.2 Å². The van der Waals surface area contributed by atoms with Gasteiger partial charge < -0.3 is 5.32 Å². The fourth-order valence-corrected chi connectivity index (χ4v) is 3.92. The second-order valence-corrected chi connectivity index (χ2v) is 6.26. The maximum absolute atomic E-state index is 14.2. The van der Waals surface area contributed by atoms with Crippen LogP contribution in [0.2, 0.25) is 0 Å². The van der Waals surface area contributed by atoms with Gasteiger partial charge in [0.2, 0.25) is 0 Å². The van der Waals surface area contributed by atoms with E-state index in [9.17, 15) is 17.6 Å². The third kappa shape index (κ3) is 2.30. The number of benzene rings is 2. The van der Waals surface area contributed by atoms with Crippen molar-refractivity contribution in [3.63, 3.8) is 0 Å². The molecule has 2 aliphatic rings. The zero-order valence-corrected chi connectivity index (χ0v) is 12.6. The maximum atomic E-state index is 14.2. The third-order valence-electron chi connectivity index (χ3n) is 4.95. The number of anilines is 1. The van der Waals surface area contributed by atoms with Crippen LogP contribution in [0.5, 0.6) is 0 Å². The molecule has 0 bridgehead atoms. The molecule has 2 aromatic rings. The molecule has 24 heavy (non-hydrogen) atoms. The molecular formula is C19H15F4N. The predicted octanol–water partition coefficient (Wildman–Crippen LogP) is 5.67. The molecule has 0 amide bonds. The Labute approximate surface area is 137 Å². The summed E-state index contributed by atoms with van der Waals surface area (Å²) >= 11 is 0. The van der Waals surface area contributed by atoms with Crippen molar-refractivity contribution in [2.45, 2.75) is 24.6 Å². The molecule has 1 nitrogen and oxygen atoms in total. The zero-order valence-electron chi connectivity index (χ0n) is 12.6. The van der Waals surface area contributed by atoms with Crippen LogP contribution in [0.3, 0.4) is 0 Å². The van der Waals surface area contributed by atoms with Crippen molar-refractivity contribution in [1.82, 2.24) is 0 Å². The lowest BCUT2D eigenvalue weighted by molar-refractivity contribution is -0.138. The van der Waals surface area contributed by atoms with Crippen LogP contribution in [0, 0.1) is 11.7 Å². The number of rotatable bonds is 1. The summed E-state index contributed by atoms with van der Waals surface area (Å²) in [7, 11) is 0. The molecule has 0 radical (unpaired) electrons. The second-order valence-electron chi connectivity index (χ2n) is 6.26. The molecule has 3 unspecified atom stereocenters. The fraction of sp³-hybridized carbons (Fsp3) is 0.263. The molecule has 1 N–H and O–H groups in total. The molecule has 0 spiro atoms. The van der Waals surface area contributed by atoms with Gasteiger partial charge in [-0.15, -0.1) is 0 Å². The molecule has 2 aromatic carbocycles. The molecular weight excluding hydrogens is 318 g/mol. The number of allylic oxidation sites excluding steroid dienone is 2. The Bertz CT molecular complexity index is 809. The molecule has 0 saturated carbocycles. The molecule has 1 aliphatic carbocycles. The zero-order chi connectivity index (χ0) is 16.9. The van der Waals surface area contributed by atoms with E-state index in [0.29, 0.717) is 12.1 Å². The Morgan fingerprint density at radius 2 is 1.71 bits per heavy atom. The second kappa shape index (κ2) is 5.36. The summed E-state index contributed by atoms with van der Waals surface area (Å²) in [5, 5.41) is 3.05. The summed E-state index contributed by atoms with van der Waals surface area (Å²) in [5.74, 6) is -0.549. The average Bonchev–Trinajstić information content (AvgIpc) is 3.04. The minimum absolute atomic E-state index is 0.0530. The maximum Gasteiger partial charge on any atom is 0.416 e. The van der Waals surface area contributed by atoms with E-state index >= 15 is 0 Å². The predicted molar refractivity (Wildman–Crippen MR) is 84.2 cm³/mol.